The molecule has 0 spiro atoms. The molecule has 2 aliphatic heterocycles. The lowest BCUT2D eigenvalue weighted by atomic mass is 9.72. The highest BCUT2D eigenvalue weighted by atomic mass is 15.2. The van der Waals surface area contributed by atoms with Crippen LogP contribution in [0.3, 0.4) is 0 Å². The minimum atomic E-state index is 0.479. The summed E-state index contributed by atoms with van der Waals surface area (Å²) >= 11 is 0. The van der Waals surface area contributed by atoms with Gasteiger partial charge in [0.2, 0.25) is 0 Å². The van der Waals surface area contributed by atoms with Crippen LogP contribution in [0.1, 0.15) is 65.2 Å². The molecule has 116 valence electrons. The summed E-state index contributed by atoms with van der Waals surface area (Å²) in [4.78, 5) is 2.89. The van der Waals surface area contributed by atoms with Crippen LogP contribution in [-0.4, -0.2) is 37.1 Å². The van der Waals surface area contributed by atoms with Gasteiger partial charge in [-0.25, -0.2) is 0 Å². The van der Waals surface area contributed by atoms with Crippen molar-refractivity contribution in [1.82, 2.24) is 10.2 Å². The van der Waals surface area contributed by atoms with Gasteiger partial charge in [-0.05, 0) is 75.4 Å². The van der Waals surface area contributed by atoms with Crippen molar-refractivity contribution >= 4 is 0 Å². The van der Waals surface area contributed by atoms with E-state index in [0.717, 1.165) is 17.9 Å². The molecule has 1 unspecified atom stereocenters. The van der Waals surface area contributed by atoms with E-state index in [4.69, 9.17) is 0 Å². The Morgan fingerprint density at radius 1 is 1.00 bits per heavy atom. The van der Waals surface area contributed by atoms with Gasteiger partial charge < -0.3 is 5.32 Å². The van der Waals surface area contributed by atoms with Crippen molar-refractivity contribution in [1.29, 1.82) is 0 Å². The summed E-state index contributed by atoms with van der Waals surface area (Å²) in [5.74, 6) is 1.90. The fraction of sp³-hybridized carbons (Fsp3) is 1.00. The first-order valence-electron chi connectivity index (χ1n) is 9.11. The number of fused-ring (bicyclic) bond motifs is 1. The molecule has 0 amide bonds. The number of likely N-dealkylation sites (tertiary alicyclic amines) is 1. The van der Waals surface area contributed by atoms with Crippen LogP contribution >= 0.6 is 0 Å². The highest BCUT2D eigenvalue weighted by Crippen LogP contribution is 2.39. The number of piperidine rings is 2. The maximum absolute atomic E-state index is 3.62. The predicted octanol–water partition coefficient (Wildman–Crippen LogP) is 3.67. The van der Waals surface area contributed by atoms with E-state index < -0.39 is 0 Å². The summed E-state index contributed by atoms with van der Waals surface area (Å²) in [5, 5.41) is 3.62. The lowest BCUT2D eigenvalue weighted by Crippen LogP contribution is -2.52. The SMILES string of the molecule is CC(C)(CN1CCC[C@H]2CCCC[C@H]21)C1CCCNC1. The van der Waals surface area contributed by atoms with E-state index >= 15 is 0 Å². The van der Waals surface area contributed by atoms with E-state index in [9.17, 15) is 0 Å². The molecule has 2 saturated heterocycles. The molecule has 0 radical (unpaired) electrons. The summed E-state index contributed by atoms with van der Waals surface area (Å²) in [6.45, 7) is 10.2. The summed E-state index contributed by atoms with van der Waals surface area (Å²) < 4.78 is 0. The van der Waals surface area contributed by atoms with Crippen molar-refractivity contribution in [3.05, 3.63) is 0 Å². The number of nitrogens with zero attached hydrogens (tertiary/aromatic N) is 1. The molecule has 3 atom stereocenters. The van der Waals surface area contributed by atoms with Crippen molar-refractivity contribution in [2.24, 2.45) is 17.3 Å². The smallest absolute Gasteiger partial charge is 0.0124 e. The Morgan fingerprint density at radius 3 is 2.60 bits per heavy atom. The fourth-order valence-corrected chi connectivity index (χ4v) is 5.10. The average Bonchev–Trinajstić information content (AvgIpc) is 2.48. The van der Waals surface area contributed by atoms with E-state index in [1.54, 1.807) is 0 Å². The van der Waals surface area contributed by atoms with Gasteiger partial charge in [0.05, 0.1) is 0 Å². The van der Waals surface area contributed by atoms with Crippen LogP contribution in [0, 0.1) is 17.3 Å². The van der Waals surface area contributed by atoms with Gasteiger partial charge in [-0.1, -0.05) is 26.7 Å². The topological polar surface area (TPSA) is 15.3 Å². The van der Waals surface area contributed by atoms with Crippen molar-refractivity contribution in [2.45, 2.75) is 71.3 Å². The van der Waals surface area contributed by atoms with Crippen LogP contribution in [0.25, 0.3) is 0 Å². The summed E-state index contributed by atoms with van der Waals surface area (Å²) in [5.41, 5.74) is 0.479. The molecular formula is C18H34N2. The zero-order chi connectivity index (χ0) is 14.0. The molecular weight excluding hydrogens is 244 g/mol. The molecule has 0 bridgehead atoms. The van der Waals surface area contributed by atoms with E-state index in [0.29, 0.717) is 5.41 Å². The van der Waals surface area contributed by atoms with E-state index in [-0.39, 0.29) is 0 Å². The van der Waals surface area contributed by atoms with Crippen LogP contribution in [0.5, 0.6) is 0 Å². The van der Waals surface area contributed by atoms with Gasteiger partial charge in [-0.3, -0.25) is 4.90 Å². The molecule has 2 heterocycles. The molecule has 1 saturated carbocycles. The Morgan fingerprint density at radius 2 is 1.80 bits per heavy atom. The second kappa shape index (κ2) is 6.36. The quantitative estimate of drug-likeness (QED) is 0.847. The van der Waals surface area contributed by atoms with E-state index in [2.05, 4.69) is 24.1 Å². The van der Waals surface area contributed by atoms with Crippen LogP contribution in [0.15, 0.2) is 0 Å². The van der Waals surface area contributed by atoms with Gasteiger partial charge in [-0.15, -0.1) is 0 Å². The van der Waals surface area contributed by atoms with Gasteiger partial charge in [0.25, 0.3) is 0 Å². The standard InChI is InChI=1S/C18H34N2/c1-18(2,16-9-5-11-19-13-16)14-20-12-6-8-15-7-3-4-10-17(15)20/h15-17,19H,3-14H2,1-2H3/t15-,16?,17-/m1/s1. The molecule has 20 heavy (non-hydrogen) atoms. The van der Waals surface area contributed by atoms with Crippen LogP contribution in [-0.2, 0) is 0 Å². The van der Waals surface area contributed by atoms with Crippen molar-refractivity contribution in [3.8, 4) is 0 Å². The van der Waals surface area contributed by atoms with E-state index in [1.807, 2.05) is 0 Å². The van der Waals surface area contributed by atoms with Gasteiger partial charge in [0, 0.05) is 12.6 Å². The molecule has 1 aliphatic carbocycles. The number of hydrogen-bond acceptors (Lipinski definition) is 2. The summed E-state index contributed by atoms with van der Waals surface area (Å²) in [7, 11) is 0. The van der Waals surface area contributed by atoms with Crippen LogP contribution in [0.4, 0.5) is 0 Å². The first kappa shape index (κ1) is 14.8. The minimum Gasteiger partial charge on any atom is -0.316 e. The fourth-order valence-electron chi connectivity index (χ4n) is 5.10. The first-order chi connectivity index (χ1) is 9.67. The maximum Gasteiger partial charge on any atom is 0.0124 e. The van der Waals surface area contributed by atoms with Crippen LogP contribution < -0.4 is 5.32 Å². The Bertz CT molecular complexity index is 305. The molecule has 2 heteroatoms. The lowest BCUT2D eigenvalue weighted by molar-refractivity contribution is 0.0111. The molecule has 3 fully saturated rings. The molecule has 2 nitrogen and oxygen atoms in total. The molecule has 3 aliphatic rings. The van der Waals surface area contributed by atoms with Crippen molar-refractivity contribution in [2.75, 3.05) is 26.2 Å². The molecule has 1 N–H and O–H groups in total. The molecule has 0 aromatic carbocycles. The molecule has 3 rings (SSSR count). The third-order valence-corrected chi connectivity index (χ3v) is 6.37. The van der Waals surface area contributed by atoms with Gasteiger partial charge in [0.1, 0.15) is 0 Å². The Labute approximate surface area is 125 Å². The zero-order valence-electron chi connectivity index (χ0n) is 13.7. The second-order valence-electron chi connectivity index (χ2n) is 8.26. The van der Waals surface area contributed by atoms with Gasteiger partial charge in [-0.2, -0.15) is 0 Å². The summed E-state index contributed by atoms with van der Waals surface area (Å²) in [6.07, 6.45) is 11.7. The largest absolute Gasteiger partial charge is 0.316 e. The minimum absolute atomic E-state index is 0.479. The number of hydrogen-bond donors (Lipinski definition) is 1. The zero-order valence-corrected chi connectivity index (χ0v) is 13.7. The lowest BCUT2D eigenvalue weighted by Gasteiger charge is -2.49. The third-order valence-electron chi connectivity index (χ3n) is 6.37. The Balaban J connectivity index is 1.62. The average molecular weight is 278 g/mol. The van der Waals surface area contributed by atoms with E-state index in [1.165, 1.54) is 77.5 Å². The molecule has 0 aromatic heterocycles. The van der Waals surface area contributed by atoms with Crippen molar-refractivity contribution in [3.63, 3.8) is 0 Å². The normalized spacial score (nSPS) is 36.6. The number of rotatable bonds is 3. The summed E-state index contributed by atoms with van der Waals surface area (Å²) in [6, 6.07) is 0.924. The van der Waals surface area contributed by atoms with Crippen molar-refractivity contribution < 1.29 is 0 Å². The first-order valence-corrected chi connectivity index (χ1v) is 9.11. The maximum atomic E-state index is 3.62. The van der Waals surface area contributed by atoms with Crippen LogP contribution in [0.2, 0.25) is 0 Å². The van der Waals surface area contributed by atoms with Gasteiger partial charge in [0.15, 0.2) is 0 Å². The highest BCUT2D eigenvalue weighted by Gasteiger charge is 2.38. The third kappa shape index (κ3) is 3.22. The monoisotopic (exact) mass is 278 g/mol. The molecule has 0 aromatic rings. The second-order valence-corrected chi connectivity index (χ2v) is 8.26. The van der Waals surface area contributed by atoms with Gasteiger partial charge >= 0.3 is 0 Å². The Hall–Kier alpha value is -0.0800. The highest BCUT2D eigenvalue weighted by molar-refractivity contribution is 4.92. The number of nitrogens with one attached hydrogen (secondary N) is 1. The Kier molecular flexibility index (Phi) is 4.72. The predicted molar refractivity (Wildman–Crippen MR) is 85.9 cm³/mol.